The Bertz CT molecular complexity index is 946. The lowest BCUT2D eigenvalue weighted by Crippen LogP contribution is -2.33. The fourth-order valence-electron chi connectivity index (χ4n) is 2.70. The van der Waals surface area contributed by atoms with Crippen molar-refractivity contribution in [1.82, 2.24) is 4.90 Å². The summed E-state index contributed by atoms with van der Waals surface area (Å²) in [5.74, 6) is -0.0407. The minimum atomic E-state index is -0.522. The lowest BCUT2D eigenvalue weighted by atomic mass is 10.2. The summed E-state index contributed by atoms with van der Waals surface area (Å²) in [6.45, 7) is 4.53. The van der Waals surface area contributed by atoms with E-state index in [-0.39, 0.29) is 18.2 Å². The average molecular weight is 430 g/mol. The molecule has 31 heavy (non-hydrogen) atoms. The molecule has 0 unspecified atom stereocenters. The quantitative estimate of drug-likeness (QED) is 0.581. The van der Waals surface area contributed by atoms with Crippen molar-refractivity contribution in [3.63, 3.8) is 0 Å². The maximum absolute atomic E-state index is 13.7. The fraction of sp³-hybridized carbons (Fsp3) is 0.304. The standard InChI is InChI=1S/C23H27FN2O5/c1-5-30-20-11-9-17(14-21(20)31-6-2)25-22(27)15-26(3)23(28)12-8-16-7-10-19(29-4)18(24)13-16/h7-14H,5-6,15H2,1-4H3,(H,25,27)/b12-8+. The first-order valence-electron chi connectivity index (χ1n) is 9.84. The molecule has 0 atom stereocenters. The maximum Gasteiger partial charge on any atom is 0.246 e. The highest BCUT2D eigenvalue weighted by atomic mass is 19.1. The number of anilines is 1. The molecule has 166 valence electrons. The number of hydrogen-bond acceptors (Lipinski definition) is 5. The summed E-state index contributed by atoms with van der Waals surface area (Å²) in [5.41, 5.74) is 1.03. The lowest BCUT2D eigenvalue weighted by molar-refractivity contribution is -0.129. The van der Waals surface area contributed by atoms with Gasteiger partial charge in [-0.3, -0.25) is 9.59 Å². The van der Waals surface area contributed by atoms with Crippen LogP contribution in [0.3, 0.4) is 0 Å². The maximum atomic E-state index is 13.7. The van der Waals surface area contributed by atoms with Gasteiger partial charge in [0.1, 0.15) is 0 Å². The van der Waals surface area contributed by atoms with E-state index in [9.17, 15) is 14.0 Å². The molecule has 0 saturated heterocycles. The van der Waals surface area contributed by atoms with Crippen molar-refractivity contribution in [2.75, 3.05) is 39.2 Å². The molecule has 0 aliphatic rings. The Kier molecular flexibility index (Phi) is 8.87. The first-order valence-corrected chi connectivity index (χ1v) is 9.84. The van der Waals surface area contributed by atoms with Gasteiger partial charge in [0.2, 0.25) is 11.8 Å². The zero-order valence-corrected chi connectivity index (χ0v) is 18.1. The van der Waals surface area contributed by atoms with Crippen molar-refractivity contribution >= 4 is 23.6 Å². The highest BCUT2D eigenvalue weighted by Gasteiger charge is 2.13. The van der Waals surface area contributed by atoms with E-state index in [0.29, 0.717) is 36.0 Å². The highest BCUT2D eigenvalue weighted by molar-refractivity contribution is 5.98. The number of amides is 2. The Morgan fingerprint density at radius 3 is 2.35 bits per heavy atom. The van der Waals surface area contributed by atoms with Crippen LogP contribution in [0.5, 0.6) is 17.2 Å². The van der Waals surface area contributed by atoms with Crippen LogP contribution < -0.4 is 19.5 Å². The van der Waals surface area contributed by atoms with E-state index in [4.69, 9.17) is 14.2 Å². The van der Waals surface area contributed by atoms with E-state index >= 15 is 0 Å². The van der Waals surface area contributed by atoms with Crippen molar-refractivity contribution in [2.24, 2.45) is 0 Å². The summed E-state index contributed by atoms with van der Waals surface area (Å²) in [5, 5.41) is 2.73. The topological polar surface area (TPSA) is 77.1 Å². The second-order valence-electron chi connectivity index (χ2n) is 6.50. The van der Waals surface area contributed by atoms with Crippen LogP contribution in [0.25, 0.3) is 6.08 Å². The number of likely N-dealkylation sites (N-methyl/N-ethyl adjacent to an activating group) is 1. The smallest absolute Gasteiger partial charge is 0.246 e. The molecule has 2 aromatic rings. The number of halogens is 1. The summed E-state index contributed by atoms with van der Waals surface area (Å²) >= 11 is 0. The van der Waals surface area contributed by atoms with E-state index in [1.54, 1.807) is 24.3 Å². The van der Waals surface area contributed by atoms with Gasteiger partial charge in [0.25, 0.3) is 0 Å². The molecule has 0 saturated carbocycles. The molecule has 2 aromatic carbocycles. The first-order chi connectivity index (χ1) is 14.9. The number of ether oxygens (including phenoxy) is 3. The van der Waals surface area contributed by atoms with Gasteiger partial charge in [0.05, 0.1) is 26.9 Å². The number of nitrogens with zero attached hydrogens (tertiary/aromatic N) is 1. The molecule has 0 aliphatic heterocycles. The second kappa shape index (κ2) is 11.6. The Morgan fingerprint density at radius 2 is 1.71 bits per heavy atom. The van der Waals surface area contributed by atoms with Gasteiger partial charge >= 0.3 is 0 Å². The molecule has 2 rings (SSSR count). The summed E-state index contributed by atoms with van der Waals surface area (Å²) < 4.78 is 29.6. The Morgan fingerprint density at radius 1 is 1.03 bits per heavy atom. The van der Waals surface area contributed by atoms with Crippen molar-refractivity contribution in [1.29, 1.82) is 0 Å². The third-order valence-corrected chi connectivity index (χ3v) is 4.18. The Labute approximate surface area is 181 Å². The number of rotatable bonds is 10. The number of nitrogens with one attached hydrogen (secondary N) is 1. The van der Waals surface area contributed by atoms with E-state index < -0.39 is 11.7 Å². The fourth-order valence-corrected chi connectivity index (χ4v) is 2.70. The summed E-state index contributed by atoms with van der Waals surface area (Å²) in [7, 11) is 2.88. The van der Waals surface area contributed by atoms with Crippen LogP contribution in [0.2, 0.25) is 0 Å². The predicted molar refractivity (Wildman–Crippen MR) is 117 cm³/mol. The van der Waals surface area contributed by atoms with Crippen LogP contribution >= 0.6 is 0 Å². The van der Waals surface area contributed by atoms with Crippen molar-refractivity contribution in [2.45, 2.75) is 13.8 Å². The molecule has 0 bridgehead atoms. The Balaban J connectivity index is 1.96. The number of carbonyl (C=O) groups is 2. The molecular weight excluding hydrogens is 403 g/mol. The van der Waals surface area contributed by atoms with Crippen LogP contribution in [-0.2, 0) is 9.59 Å². The van der Waals surface area contributed by atoms with Gasteiger partial charge in [-0.15, -0.1) is 0 Å². The van der Waals surface area contributed by atoms with Crippen molar-refractivity contribution in [3.8, 4) is 17.2 Å². The number of methoxy groups -OCH3 is 1. The Hall–Kier alpha value is -3.55. The van der Waals surface area contributed by atoms with E-state index in [2.05, 4.69) is 5.32 Å². The molecule has 2 amide bonds. The van der Waals surface area contributed by atoms with Crippen LogP contribution in [0.15, 0.2) is 42.5 Å². The molecular formula is C23H27FN2O5. The molecule has 7 nitrogen and oxygen atoms in total. The van der Waals surface area contributed by atoms with Crippen molar-refractivity contribution in [3.05, 3.63) is 53.9 Å². The highest BCUT2D eigenvalue weighted by Crippen LogP contribution is 2.30. The predicted octanol–water partition coefficient (Wildman–Crippen LogP) is 3.74. The molecule has 0 radical (unpaired) electrons. The van der Waals surface area contributed by atoms with Gasteiger partial charge in [0, 0.05) is 24.9 Å². The minimum absolute atomic E-state index is 0.124. The zero-order chi connectivity index (χ0) is 22.8. The molecule has 0 fully saturated rings. The van der Waals surface area contributed by atoms with Gasteiger partial charge in [0.15, 0.2) is 23.1 Å². The van der Waals surface area contributed by atoms with Gasteiger partial charge in [-0.25, -0.2) is 4.39 Å². The van der Waals surface area contributed by atoms with E-state index in [1.807, 2.05) is 13.8 Å². The summed E-state index contributed by atoms with van der Waals surface area (Å²) in [4.78, 5) is 25.9. The average Bonchev–Trinajstić information content (AvgIpc) is 2.74. The zero-order valence-electron chi connectivity index (χ0n) is 18.1. The molecule has 0 aliphatic carbocycles. The van der Waals surface area contributed by atoms with Gasteiger partial charge in [-0.1, -0.05) is 6.07 Å². The van der Waals surface area contributed by atoms with Crippen LogP contribution in [0.1, 0.15) is 19.4 Å². The largest absolute Gasteiger partial charge is 0.494 e. The van der Waals surface area contributed by atoms with Crippen molar-refractivity contribution < 1.29 is 28.2 Å². The number of hydrogen-bond donors (Lipinski definition) is 1. The molecule has 0 aromatic heterocycles. The monoisotopic (exact) mass is 430 g/mol. The second-order valence-corrected chi connectivity index (χ2v) is 6.50. The molecule has 8 heteroatoms. The minimum Gasteiger partial charge on any atom is -0.494 e. The number of benzene rings is 2. The summed E-state index contributed by atoms with van der Waals surface area (Å²) in [6.07, 6.45) is 2.75. The molecule has 1 N–H and O–H groups in total. The van der Waals surface area contributed by atoms with Crippen LogP contribution in [0, 0.1) is 5.82 Å². The van der Waals surface area contributed by atoms with E-state index in [0.717, 1.165) is 0 Å². The first kappa shape index (κ1) is 23.7. The molecule has 0 heterocycles. The van der Waals surface area contributed by atoms with Crippen LogP contribution in [0.4, 0.5) is 10.1 Å². The van der Waals surface area contributed by atoms with Gasteiger partial charge in [-0.2, -0.15) is 0 Å². The third-order valence-electron chi connectivity index (χ3n) is 4.18. The normalized spacial score (nSPS) is 10.6. The summed E-state index contributed by atoms with van der Waals surface area (Å²) in [6, 6.07) is 9.45. The molecule has 0 spiro atoms. The SMILES string of the molecule is CCOc1ccc(NC(=O)CN(C)C(=O)/C=C/c2ccc(OC)c(F)c2)cc1OCC. The van der Waals surface area contributed by atoms with Gasteiger partial charge < -0.3 is 24.4 Å². The number of carbonyl (C=O) groups excluding carboxylic acids is 2. The third kappa shape index (κ3) is 7.02. The van der Waals surface area contributed by atoms with Gasteiger partial charge in [-0.05, 0) is 49.8 Å². The van der Waals surface area contributed by atoms with E-state index in [1.165, 1.54) is 43.3 Å². The van der Waals surface area contributed by atoms with Crippen LogP contribution in [-0.4, -0.2) is 50.6 Å². The lowest BCUT2D eigenvalue weighted by Gasteiger charge is -2.16.